The van der Waals surface area contributed by atoms with Crippen LogP contribution >= 0.6 is 0 Å². The van der Waals surface area contributed by atoms with Crippen LogP contribution in [-0.2, 0) is 0 Å². The van der Waals surface area contributed by atoms with E-state index in [1.807, 2.05) is 12.1 Å². The summed E-state index contributed by atoms with van der Waals surface area (Å²) in [6.07, 6.45) is 4.10. The molecule has 2 aliphatic rings. The average Bonchev–Trinajstić information content (AvgIpc) is 2.15. The van der Waals surface area contributed by atoms with Crippen LogP contribution in [0.2, 0.25) is 0 Å². The van der Waals surface area contributed by atoms with Gasteiger partial charge in [-0.3, -0.25) is 0 Å². The van der Waals surface area contributed by atoms with Gasteiger partial charge in [0.05, 0.1) is 11.3 Å². The molecule has 3 heteroatoms. The lowest BCUT2D eigenvalue weighted by molar-refractivity contribution is 0.0904. The van der Waals surface area contributed by atoms with Gasteiger partial charge in [0.25, 0.3) is 0 Å². The second-order valence-corrected chi connectivity index (χ2v) is 5.10. The monoisotopic (exact) mass is 213 g/mol. The molecule has 1 aromatic carbocycles. The largest absolute Gasteiger partial charge is 0.399 e. The lowest BCUT2D eigenvalue weighted by Crippen LogP contribution is -2.60. The van der Waals surface area contributed by atoms with Gasteiger partial charge in [-0.15, -0.1) is 0 Å². The number of nitrogen functional groups attached to an aromatic ring is 1. The van der Waals surface area contributed by atoms with E-state index in [1.54, 1.807) is 6.07 Å². The highest BCUT2D eigenvalue weighted by Gasteiger charge is 2.47. The fraction of sp³-hybridized carbons (Fsp3) is 0.462. The molecular formula is C13H15N3. The molecule has 1 aromatic rings. The van der Waals surface area contributed by atoms with Crippen molar-refractivity contribution in [2.75, 3.05) is 23.7 Å². The van der Waals surface area contributed by atoms with Gasteiger partial charge in [0, 0.05) is 24.2 Å². The maximum atomic E-state index is 9.08. The van der Waals surface area contributed by atoms with Crippen molar-refractivity contribution in [1.82, 2.24) is 0 Å². The summed E-state index contributed by atoms with van der Waals surface area (Å²) in [7, 11) is 0. The molecule has 0 radical (unpaired) electrons. The van der Waals surface area contributed by atoms with Crippen LogP contribution in [0, 0.1) is 16.7 Å². The third kappa shape index (κ3) is 1.26. The molecule has 0 aromatic heterocycles. The first-order chi connectivity index (χ1) is 7.72. The molecule has 0 unspecified atom stereocenters. The van der Waals surface area contributed by atoms with E-state index in [0.717, 1.165) is 18.8 Å². The van der Waals surface area contributed by atoms with Crippen molar-refractivity contribution in [1.29, 1.82) is 5.26 Å². The smallest absolute Gasteiger partial charge is 0.101 e. The number of hydrogen-bond acceptors (Lipinski definition) is 3. The van der Waals surface area contributed by atoms with E-state index in [4.69, 9.17) is 11.0 Å². The fourth-order valence-corrected chi connectivity index (χ4v) is 2.85. The molecule has 2 N–H and O–H groups in total. The molecule has 3 nitrogen and oxygen atoms in total. The molecule has 3 rings (SSSR count). The van der Waals surface area contributed by atoms with Crippen molar-refractivity contribution < 1.29 is 0 Å². The van der Waals surface area contributed by atoms with Crippen molar-refractivity contribution >= 4 is 11.4 Å². The molecule has 82 valence electrons. The van der Waals surface area contributed by atoms with E-state index in [-0.39, 0.29) is 0 Å². The number of nitrogens with two attached hydrogens (primary N) is 1. The Kier molecular flexibility index (Phi) is 1.88. The first-order valence-corrected chi connectivity index (χ1v) is 5.77. The Bertz CT molecular complexity index is 461. The minimum atomic E-state index is 0.591. The Morgan fingerprint density at radius 3 is 2.62 bits per heavy atom. The van der Waals surface area contributed by atoms with Gasteiger partial charge < -0.3 is 10.6 Å². The van der Waals surface area contributed by atoms with Crippen LogP contribution in [0.3, 0.4) is 0 Å². The predicted octanol–water partition coefficient (Wildman–Crippen LogP) is 2.13. The molecule has 1 aliphatic heterocycles. The number of hydrogen-bond donors (Lipinski definition) is 1. The molecule has 0 bridgehead atoms. The zero-order valence-electron chi connectivity index (χ0n) is 9.24. The molecule has 1 heterocycles. The molecular weight excluding hydrogens is 198 g/mol. The SMILES string of the molecule is N#Cc1cc(N)ccc1N1CC2(CCC2)C1. The summed E-state index contributed by atoms with van der Waals surface area (Å²) in [6, 6.07) is 7.84. The molecule has 1 spiro atoms. The maximum Gasteiger partial charge on any atom is 0.101 e. The van der Waals surface area contributed by atoms with Gasteiger partial charge in [0.15, 0.2) is 0 Å². The van der Waals surface area contributed by atoms with Gasteiger partial charge in [-0.1, -0.05) is 6.42 Å². The second kappa shape index (κ2) is 3.15. The van der Waals surface area contributed by atoms with Crippen LogP contribution in [0.4, 0.5) is 11.4 Å². The van der Waals surface area contributed by atoms with Crippen LogP contribution in [0.15, 0.2) is 18.2 Å². The number of anilines is 2. The van der Waals surface area contributed by atoms with Gasteiger partial charge in [0.2, 0.25) is 0 Å². The van der Waals surface area contributed by atoms with Gasteiger partial charge >= 0.3 is 0 Å². The van der Waals surface area contributed by atoms with E-state index < -0.39 is 0 Å². The summed E-state index contributed by atoms with van der Waals surface area (Å²) in [4.78, 5) is 2.30. The van der Waals surface area contributed by atoms with E-state index >= 15 is 0 Å². The van der Waals surface area contributed by atoms with Gasteiger partial charge in [0.1, 0.15) is 6.07 Å². The number of benzene rings is 1. The summed E-state index contributed by atoms with van der Waals surface area (Å²) in [6.45, 7) is 2.23. The highest BCUT2D eigenvalue weighted by molar-refractivity contribution is 5.65. The Morgan fingerprint density at radius 1 is 1.31 bits per heavy atom. The van der Waals surface area contributed by atoms with Crippen molar-refractivity contribution in [2.45, 2.75) is 19.3 Å². The van der Waals surface area contributed by atoms with Crippen molar-refractivity contribution in [3.63, 3.8) is 0 Å². The van der Waals surface area contributed by atoms with E-state index in [9.17, 15) is 0 Å². The minimum Gasteiger partial charge on any atom is -0.399 e. The fourth-order valence-electron chi connectivity index (χ4n) is 2.85. The lowest BCUT2D eigenvalue weighted by atomic mass is 9.63. The second-order valence-electron chi connectivity index (χ2n) is 5.10. The lowest BCUT2D eigenvalue weighted by Gasteiger charge is -2.57. The Labute approximate surface area is 95.5 Å². The molecule has 1 saturated heterocycles. The van der Waals surface area contributed by atoms with Gasteiger partial charge in [-0.2, -0.15) is 5.26 Å². The predicted molar refractivity (Wildman–Crippen MR) is 64.1 cm³/mol. The van der Waals surface area contributed by atoms with Crippen LogP contribution in [0.1, 0.15) is 24.8 Å². The van der Waals surface area contributed by atoms with E-state index in [2.05, 4.69) is 11.0 Å². The van der Waals surface area contributed by atoms with E-state index in [1.165, 1.54) is 19.3 Å². The van der Waals surface area contributed by atoms with Crippen molar-refractivity contribution in [2.24, 2.45) is 5.41 Å². The standard InChI is InChI=1S/C13H15N3/c14-7-10-6-11(15)2-3-12(10)16-8-13(9-16)4-1-5-13/h2-3,6H,1,4-5,8-9,15H2. The highest BCUT2D eigenvalue weighted by atomic mass is 15.2. The molecule has 1 aliphatic carbocycles. The first kappa shape index (κ1) is 9.53. The molecule has 0 amide bonds. The quantitative estimate of drug-likeness (QED) is 0.727. The summed E-state index contributed by atoms with van der Waals surface area (Å²) in [5.41, 5.74) is 8.69. The van der Waals surface area contributed by atoms with Crippen LogP contribution < -0.4 is 10.6 Å². The van der Waals surface area contributed by atoms with Crippen molar-refractivity contribution in [3.8, 4) is 6.07 Å². The van der Waals surface area contributed by atoms with Gasteiger partial charge in [-0.25, -0.2) is 0 Å². The number of rotatable bonds is 1. The summed E-state index contributed by atoms with van der Waals surface area (Å²) in [5, 5.41) is 9.08. The van der Waals surface area contributed by atoms with Crippen LogP contribution in [-0.4, -0.2) is 13.1 Å². The Morgan fingerprint density at radius 2 is 2.06 bits per heavy atom. The summed E-state index contributed by atoms with van der Waals surface area (Å²) in [5.74, 6) is 0. The third-order valence-electron chi connectivity index (χ3n) is 3.95. The molecule has 16 heavy (non-hydrogen) atoms. The Balaban J connectivity index is 1.83. The first-order valence-electron chi connectivity index (χ1n) is 5.77. The van der Waals surface area contributed by atoms with Gasteiger partial charge in [-0.05, 0) is 31.0 Å². The normalized spacial score (nSPS) is 21.1. The maximum absolute atomic E-state index is 9.08. The number of nitriles is 1. The topological polar surface area (TPSA) is 53.1 Å². The average molecular weight is 213 g/mol. The molecule has 1 saturated carbocycles. The zero-order chi connectivity index (χ0) is 11.2. The summed E-state index contributed by atoms with van der Waals surface area (Å²) >= 11 is 0. The Hall–Kier alpha value is -1.69. The minimum absolute atomic E-state index is 0.591. The molecule has 0 atom stereocenters. The number of nitrogens with zero attached hydrogens (tertiary/aromatic N) is 2. The zero-order valence-corrected chi connectivity index (χ0v) is 9.24. The highest BCUT2D eigenvalue weighted by Crippen LogP contribution is 2.49. The third-order valence-corrected chi connectivity index (χ3v) is 3.95. The summed E-state index contributed by atoms with van der Waals surface area (Å²) < 4.78 is 0. The van der Waals surface area contributed by atoms with Crippen LogP contribution in [0.5, 0.6) is 0 Å². The molecule has 2 fully saturated rings. The van der Waals surface area contributed by atoms with Crippen molar-refractivity contribution in [3.05, 3.63) is 23.8 Å². The van der Waals surface area contributed by atoms with Crippen LogP contribution in [0.25, 0.3) is 0 Å². The van der Waals surface area contributed by atoms with E-state index in [0.29, 0.717) is 16.7 Å².